The second-order valence-corrected chi connectivity index (χ2v) is 7.62. The van der Waals surface area contributed by atoms with Crippen molar-refractivity contribution in [1.29, 1.82) is 0 Å². The molecule has 3 nitrogen and oxygen atoms in total. The van der Waals surface area contributed by atoms with Crippen molar-refractivity contribution in [2.24, 2.45) is 5.92 Å². The van der Waals surface area contributed by atoms with Crippen LogP contribution in [0.2, 0.25) is 0 Å². The maximum atomic E-state index is 11.0. The normalized spacial score (nSPS) is 11.2. The minimum absolute atomic E-state index is 0.00546. The highest BCUT2D eigenvalue weighted by Crippen LogP contribution is 2.20. The van der Waals surface area contributed by atoms with E-state index in [9.17, 15) is 9.90 Å². The Morgan fingerprint density at radius 3 is 1.92 bits per heavy atom. The number of carbonyl (C=O) groups is 1. The van der Waals surface area contributed by atoms with Gasteiger partial charge in [-0.05, 0) is 36.5 Å². The quantitative estimate of drug-likeness (QED) is 0.373. The number of unbranched alkanes of at least 4 members (excludes halogenated alkanes) is 9. The summed E-state index contributed by atoms with van der Waals surface area (Å²) in [6, 6.07) is 4.90. The van der Waals surface area contributed by atoms with Gasteiger partial charge in [0.2, 0.25) is 0 Å². The van der Waals surface area contributed by atoms with E-state index in [2.05, 4.69) is 13.8 Å². The Balaban J connectivity index is 1.99. The van der Waals surface area contributed by atoms with Gasteiger partial charge in [-0.25, -0.2) is 4.79 Å². The summed E-state index contributed by atoms with van der Waals surface area (Å²) in [7, 11) is 0. The van der Waals surface area contributed by atoms with E-state index in [1.54, 1.807) is 6.07 Å². The van der Waals surface area contributed by atoms with Crippen LogP contribution in [0, 0.1) is 5.92 Å². The third kappa shape index (κ3) is 10.2. The molecule has 3 heteroatoms. The molecule has 0 amide bonds. The van der Waals surface area contributed by atoms with Crippen LogP contribution in [0.4, 0.5) is 0 Å². The van der Waals surface area contributed by atoms with Crippen molar-refractivity contribution >= 4 is 5.97 Å². The number of aromatic hydroxyl groups is 1. The number of hydrogen-bond donors (Lipinski definition) is 2. The molecular formula is C22H36O3. The minimum Gasteiger partial charge on any atom is -0.507 e. The highest BCUT2D eigenvalue weighted by atomic mass is 16.4. The van der Waals surface area contributed by atoms with Gasteiger partial charge in [0.05, 0.1) is 0 Å². The summed E-state index contributed by atoms with van der Waals surface area (Å²) in [5.74, 6) is -0.374. The van der Waals surface area contributed by atoms with Crippen LogP contribution < -0.4 is 0 Å². The van der Waals surface area contributed by atoms with Crippen molar-refractivity contribution in [3.63, 3.8) is 0 Å². The van der Waals surface area contributed by atoms with Crippen LogP contribution >= 0.6 is 0 Å². The zero-order valence-electron chi connectivity index (χ0n) is 16.1. The molecule has 1 aromatic rings. The molecule has 0 heterocycles. The first kappa shape index (κ1) is 21.5. The number of aromatic carboxylic acids is 1. The Labute approximate surface area is 153 Å². The number of rotatable bonds is 14. The topological polar surface area (TPSA) is 57.5 Å². The van der Waals surface area contributed by atoms with Gasteiger partial charge in [-0.2, -0.15) is 0 Å². The van der Waals surface area contributed by atoms with E-state index in [0.717, 1.165) is 24.3 Å². The number of aryl methyl sites for hydroxylation is 1. The SMILES string of the molecule is CC(C)CCCCCCCCCCCCc1ccc(O)c(C(=O)O)c1. The van der Waals surface area contributed by atoms with Crippen LogP contribution in [-0.2, 0) is 6.42 Å². The van der Waals surface area contributed by atoms with E-state index in [-0.39, 0.29) is 11.3 Å². The number of benzene rings is 1. The molecule has 0 bridgehead atoms. The monoisotopic (exact) mass is 348 g/mol. The second kappa shape index (κ2) is 12.8. The maximum absolute atomic E-state index is 11.0. The van der Waals surface area contributed by atoms with Crippen molar-refractivity contribution in [2.45, 2.75) is 90.9 Å². The Bertz CT molecular complexity index is 494. The standard InChI is InChI=1S/C22H36O3/c1-18(2)13-11-9-7-5-3-4-6-8-10-12-14-19-15-16-21(23)20(17-19)22(24)25/h15-18,23H,3-14H2,1-2H3,(H,24,25). The third-order valence-electron chi connectivity index (χ3n) is 4.79. The summed E-state index contributed by atoms with van der Waals surface area (Å²) in [6.07, 6.45) is 15.3. The zero-order chi connectivity index (χ0) is 18.5. The van der Waals surface area contributed by atoms with Gasteiger partial charge in [-0.1, -0.05) is 84.1 Å². The molecule has 0 unspecified atom stereocenters. The predicted octanol–water partition coefficient (Wildman–Crippen LogP) is 6.58. The Hall–Kier alpha value is -1.51. The van der Waals surface area contributed by atoms with Gasteiger partial charge in [0.25, 0.3) is 0 Å². The van der Waals surface area contributed by atoms with Crippen LogP contribution in [0.1, 0.15) is 100 Å². The predicted molar refractivity (Wildman–Crippen MR) is 104 cm³/mol. The smallest absolute Gasteiger partial charge is 0.339 e. The number of carboxylic acids is 1. The van der Waals surface area contributed by atoms with E-state index in [1.165, 1.54) is 70.3 Å². The number of phenols is 1. The maximum Gasteiger partial charge on any atom is 0.339 e. The zero-order valence-corrected chi connectivity index (χ0v) is 16.1. The summed E-state index contributed by atoms with van der Waals surface area (Å²) in [5, 5.41) is 18.5. The van der Waals surface area contributed by atoms with Gasteiger partial charge in [0.1, 0.15) is 11.3 Å². The lowest BCUT2D eigenvalue weighted by molar-refractivity contribution is 0.0693. The molecule has 142 valence electrons. The molecule has 0 spiro atoms. The molecule has 0 aromatic heterocycles. The fraction of sp³-hybridized carbons (Fsp3) is 0.682. The molecule has 1 aromatic carbocycles. The van der Waals surface area contributed by atoms with E-state index >= 15 is 0 Å². The van der Waals surface area contributed by atoms with Gasteiger partial charge >= 0.3 is 5.97 Å². The lowest BCUT2D eigenvalue weighted by Gasteiger charge is -2.06. The summed E-state index contributed by atoms with van der Waals surface area (Å²) >= 11 is 0. The van der Waals surface area contributed by atoms with Gasteiger partial charge in [0.15, 0.2) is 0 Å². The van der Waals surface area contributed by atoms with Crippen molar-refractivity contribution in [3.8, 4) is 5.75 Å². The van der Waals surface area contributed by atoms with E-state index < -0.39 is 5.97 Å². The third-order valence-corrected chi connectivity index (χ3v) is 4.79. The highest BCUT2D eigenvalue weighted by molar-refractivity contribution is 5.90. The molecule has 1 rings (SSSR count). The van der Waals surface area contributed by atoms with E-state index in [0.29, 0.717) is 0 Å². The molecule has 0 saturated heterocycles. The molecule has 0 aliphatic carbocycles. The highest BCUT2D eigenvalue weighted by Gasteiger charge is 2.09. The Kier molecular flexibility index (Phi) is 11.0. The fourth-order valence-corrected chi connectivity index (χ4v) is 3.21. The van der Waals surface area contributed by atoms with Crippen LogP contribution in [-0.4, -0.2) is 16.2 Å². The molecule has 0 radical (unpaired) electrons. The van der Waals surface area contributed by atoms with Crippen LogP contribution in [0.3, 0.4) is 0 Å². The molecule has 25 heavy (non-hydrogen) atoms. The lowest BCUT2D eigenvalue weighted by Crippen LogP contribution is -1.98. The van der Waals surface area contributed by atoms with E-state index in [4.69, 9.17) is 5.11 Å². The Morgan fingerprint density at radius 2 is 1.40 bits per heavy atom. The molecule has 0 fully saturated rings. The molecular weight excluding hydrogens is 312 g/mol. The Morgan fingerprint density at radius 1 is 0.880 bits per heavy atom. The van der Waals surface area contributed by atoms with Crippen molar-refractivity contribution in [2.75, 3.05) is 0 Å². The molecule has 0 aliphatic rings. The average Bonchev–Trinajstić information content (AvgIpc) is 2.56. The minimum atomic E-state index is -1.07. The average molecular weight is 349 g/mol. The van der Waals surface area contributed by atoms with Crippen molar-refractivity contribution in [1.82, 2.24) is 0 Å². The fourth-order valence-electron chi connectivity index (χ4n) is 3.21. The van der Waals surface area contributed by atoms with Crippen LogP contribution in [0.15, 0.2) is 18.2 Å². The molecule has 0 aliphatic heterocycles. The van der Waals surface area contributed by atoms with Gasteiger partial charge in [0, 0.05) is 0 Å². The summed E-state index contributed by atoms with van der Waals surface area (Å²) < 4.78 is 0. The second-order valence-electron chi connectivity index (χ2n) is 7.62. The van der Waals surface area contributed by atoms with Crippen molar-refractivity contribution in [3.05, 3.63) is 29.3 Å². The molecule has 0 atom stereocenters. The first-order valence-corrected chi connectivity index (χ1v) is 10.1. The molecule has 2 N–H and O–H groups in total. The van der Waals surface area contributed by atoms with Gasteiger partial charge in [-0.15, -0.1) is 0 Å². The van der Waals surface area contributed by atoms with Crippen LogP contribution in [0.25, 0.3) is 0 Å². The van der Waals surface area contributed by atoms with E-state index in [1.807, 2.05) is 6.07 Å². The van der Waals surface area contributed by atoms with Crippen molar-refractivity contribution < 1.29 is 15.0 Å². The van der Waals surface area contributed by atoms with Crippen LogP contribution in [0.5, 0.6) is 5.75 Å². The number of carboxylic acid groups (broad SMARTS) is 1. The first-order valence-electron chi connectivity index (χ1n) is 10.1. The largest absolute Gasteiger partial charge is 0.507 e. The summed E-state index contributed by atoms with van der Waals surface area (Å²) in [4.78, 5) is 11.0. The summed E-state index contributed by atoms with van der Waals surface area (Å²) in [6.45, 7) is 4.60. The van der Waals surface area contributed by atoms with Gasteiger partial charge in [-0.3, -0.25) is 0 Å². The first-order chi connectivity index (χ1) is 12.0. The summed E-state index contributed by atoms with van der Waals surface area (Å²) in [5.41, 5.74) is 1.00. The number of hydrogen-bond acceptors (Lipinski definition) is 2. The van der Waals surface area contributed by atoms with Gasteiger partial charge < -0.3 is 10.2 Å². The lowest BCUT2D eigenvalue weighted by atomic mass is 10.0. The molecule has 0 saturated carbocycles.